The standard InChI is InChI=1S/C27H19N7O/c1-28-20-9-10-24-23(16-20)25(11-14-30-24)32-19-7-5-18(6-8-19)27(35)34-22-4-2-3-21(15-22)33-26-12-13-29-17-31-26/h2-17H,(H,30,32)(H,34,35)(H,29,31,33). The molecule has 0 aliphatic heterocycles. The van der Waals surface area contributed by atoms with Crippen LogP contribution in [0.5, 0.6) is 0 Å². The Balaban J connectivity index is 1.28. The van der Waals surface area contributed by atoms with Gasteiger partial charge in [0.15, 0.2) is 5.69 Å². The zero-order valence-electron chi connectivity index (χ0n) is 18.4. The molecule has 168 valence electrons. The number of anilines is 5. The van der Waals surface area contributed by atoms with E-state index in [-0.39, 0.29) is 5.91 Å². The molecule has 0 unspecified atom stereocenters. The van der Waals surface area contributed by atoms with Gasteiger partial charge >= 0.3 is 0 Å². The van der Waals surface area contributed by atoms with E-state index in [1.807, 2.05) is 54.6 Å². The quantitative estimate of drug-likeness (QED) is 0.258. The molecule has 0 aliphatic carbocycles. The Labute approximate surface area is 201 Å². The SMILES string of the molecule is [C-]#[N+]c1ccc2nccc(Nc3ccc(C(=O)Nc4cccc(Nc5ccncn5)c4)cc3)c2c1. The minimum atomic E-state index is -0.216. The molecule has 5 rings (SSSR count). The summed E-state index contributed by atoms with van der Waals surface area (Å²) in [6.45, 7) is 7.25. The number of pyridine rings is 1. The minimum Gasteiger partial charge on any atom is -0.355 e. The molecule has 2 heterocycles. The second kappa shape index (κ2) is 9.68. The van der Waals surface area contributed by atoms with Crippen molar-refractivity contribution in [3.63, 3.8) is 0 Å². The topological polar surface area (TPSA) is 96.2 Å². The van der Waals surface area contributed by atoms with E-state index in [0.717, 1.165) is 28.0 Å². The lowest BCUT2D eigenvalue weighted by molar-refractivity contribution is 0.102. The average Bonchev–Trinajstić information content (AvgIpc) is 2.90. The van der Waals surface area contributed by atoms with Gasteiger partial charge in [-0.05, 0) is 66.7 Å². The Morgan fingerprint density at radius 2 is 1.66 bits per heavy atom. The fourth-order valence-corrected chi connectivity index (χ4v) is 3.56. The van der Waals surface area contributed by atoms with E-state index in [9.17, 15) is 4.79 Å². The summed E-state index contributed by atoms with van der Waals surface area (Å²) in [5.41, 5.74) is 5.00. The van der Waals surface area contributed by atoms with E-state index in [1.165, 1.54) is 6.33 Å². The third-order valence-electron chi connectivity index (χ3n) is 5.26. The fraction of sp³-hybridized carbons (Fsp3) is 0. The molecule has 3 aromatic carbocycles. The third kappa shape index (κ3) is 5.05. The van der Waals surface area contributed by atoms with Crippen LogP contribution in [-0.2, 0) is 0 Å². The molecular formula is C27H19N7O. The van der Waals surface area contributed by atoms with Crippen LogP contribution >= 0.6 is 0 Å². The maximum absolute atomic E-state index is 12.8. The van der Waals surface area contributed by atoms with Crippen LogP contribution in [0.3, 0.4) is 0 Å². The number of nitrogens with one attached hydrogen (secondary N) is 3. The number of aromatic nitrogens is 3. The summed E-state index contributed by atoms with van der Waals surface area (Å²) in [6, 6.07) is 23.6. The van der Waals surface area contributed by atoms with Gasteiger partial charge in [0.1, 0.15) is 12.1 Å². The van der Waals surface area contributed by atoms with Crippen molar-refractivity contribution in [2.24, 2.45) is 0 Å². The number of nitrogens with zero attached hydrogens (tertiary/aromatic N) is 4. The average molecular weight is 457 g/mol. The van der Waals surface area contributed by atoms with Gasteiger partial charge < -0.3 is 16.0 Å². The van der Waals surface area contributed by atoms with Crippen molar-refractivity contribution < 1.29 is 4.79 Å². The van der Waals surface area contributed by atoms with Crippen molar-refractivity contribution in [3.05, 3.63) is 115 Å². The number of rotatable bonds is 6. The van der Waals surface area contributed by atoms with E-state index < -0.39 is 0 Å². The summed E-state index contributed by atoms with van der Waals surface area (Å²) in [4.78, 5) is 28.7. The first kappa shape index (κ1) is 21.6. The Bertz CT molecular complexity index is 1540. The first-order chi connectivity index (χ1) is 17.2. The molecule has 0 fully saturated rings. The molecule has 8 nitrogen and oxygen atoms in total. The zero-order chi connectivity index (χ0) is 24.0. The summed E-state index contributed by atoms with van der Waals surface area (Å²) in [5.74, 6) is 0.450. The molecule has 35 heavy (non-hydrogen) atoms. The van der Waals surface area contributed by atoms with Crippen LogP contribution in [0.1, 0.15) is 10.4 Å². The van der Waals surface area contributed by atoms with Crippen LogP contribution in [0.15, 0.2) is 97.6 Å². The molecule has 0 saturated heterocycles. The first-order valence-electron chi connectivity index (χ1n) is 10.8. The van der Waals surface area contributed by atoms with Gasteiger partial charge in [0.25, 0.3) is 5.91 Å². The normalized spacial score (nSPS) is 10.4. The molecule has 2 aromatic heterocycles. The smallest absolute Gasteiger partial charge is 0.255 e. The van der Waals surface area contributed by atoms with Crippen LogP contribution in [-0.4, -0.2) is 20.9 Å². The van der Waals surface area contributed by atoms with Crippen LogP contribution in [0, 0.1) is 6.57 Å². The molecule has 0 saturated carbocycles. The monoisotopic (exact) mass is 457 g/mol. The number of carbonyl (C=O) groups excluding carboxylic acids is 1. The number of hydrogen-bond acceptors (Lipinski definition) is 6. The lowest BCUT2D eigenvalue weighted by atomic mass is 10.1. The van der Waals surface area contributed by atoms with Crippen LogP contribution in [0.4, 0.5) is 34.3 Å². The van der Waals surface area contributed by atoms with Gasteiger partial charge in [0.05, 0.1) is 12.1 Å². The van der Waals surface area contributed by atoms with Gasteiger partial charge in [-0.15, -0.1) is 0 Å². The third-order valence-corrected chi connectivity index (χ3v) is 5.26. The summed E-state index contributed by atoms with van der Waals surface area (Å²) < 4.78 is 0. The van der Waals surface area contributed by atoms with Gasteiger partial charge in [0.2, 0.25) is 0 Å². The molecule has 8 heteroatoms. The number of fused-ring (bicyclic) bond motifs is 1. The predicted octanol–water partition coefficient (Wildman–Crippen LogP) is 6.32. The maximum atomic E-state index is 12.8. The Hall–Kier alpha value is -5.29. The van der Waals surface area contributed by atoms with E-state index in [0.29, 0.717) is 22.8 Å². The van der Waals surface area contributed by atoms with Crippen molar-refractivity contribution in [1.29, 1.82) is 0 Å². The van der Waals surface area contributed by atoms with E-state index >= 15 is 0 Å². The fourth-order valence-electron chi connectivity index (χ4n) is 3.56. The van der Waals surface area contributed by atoms with Gasteiger partial charge in [-0.2, -0.15) is 0 Å². The molecule has 3 N–H and O–H groups in total. The second-order valence-electron chi connectivity index (χ2n) is 7.63. The highest BCUT2D eigenvalue weighted by Gasteiger charge is 2.08. The van der Waals surface area contributed by atoms with Crippen molar-refractivity contribution in [2.75, 3.05) is 16.0 Å². The largest absolute Gasteiger partial charge is 0.355 e. The van der Waals surface area contributed by atoms with Crippen LogP contribution in [0.25, 0.3) is 15.7 Å². The van der Waals surface area contributed by atoms with Crippen LogP contribution in [0.2, 0.25) is 0 Å². The molecule has 5 aromatic rings. The van der Waals surface area contributed by atoms with Crippen molar-refractivity contribution in [3.8, 4) is 0 Å². The Kier molecular flexibility index (Phi) is 5.96. The van der Waals surface area contributed by atoms with Gasteiger partial charge in [-0.25, -0.2) is 14.8 Å². The molecule has 0 bridgehead atoms. The highest BCUT2D eigenvalue weighted by molar-refractivity contribution is 6.04. The van der Waals surface area contributed by atoms with Gasteiger partial charge in [-0.3, -0.25) is 9.78 Å². The Morgan fingerprint density at radius 1 is 0.800 bits per heavy atom. The minimum absolute atomic E-state index is 0.216. The maximum Gasteiger partial charge on any atom is 0.255 e. The molecule has 0 radical (unpaired) electrons. The molecular weight excluding hydrogens is 438 g/mol. The lowest BCUT2D eigenvalue weighted by Crippen LogP contribution is -2.12. The van der Waals surface area contributed by atoms with Crippen LogP contribution < -0.4 is 16.0 Å². The summed E-state index contributed by atoms with van der Waals surface area (Å²) in [6.07, 6.45) is 4.84. The molecule has 0 aliphatic rings. The number of amides is 1. The zero-order valence-corrected chi connectivity index (χ0v) is 18.4. The van der Waals surface area contributed by atoms with E-state index in [2.05, 4.69) is 35.7 Å². The molecule has 0 spiro atoms. The summed E-state index contributed by atoms with van der Waals surface area (Å²) in [5, 5.41) is 10.3. The summed E-state index contributed by atoms with van der Waals surface area (Å²) in [7, 11) is 0. The van der Waals surface area contributed by atoms with Gasteiger partial charge in [0, 0.05) is 46.1 Å². The number of benzene rings is 3. The number of hydrogen-bond donors (Lipinski definition) is 3. The highest BCUT2D eigenvalue weighted by atomic mass is 16.1. The second-order valence-corrected chi connectivity index (χ2v) is 7.63. The Morgan fingerprint density at radius 3 is 2.46 bits per heavy atom. The highest BCUT2D eigenvalue weighted by Crippen LogP contribution is 2.29. The van der Waals surface area contributed by atoms with Crippen molar-refractivity contribution in [2.45, 2.75) is 0 Å². The number of carbonyl (C=O) groups is 1. The van der Waals surface area contributed by atoms with E-state index in [1.54, 1.807) is 36.7 Å². The summed E-state index contributed by atoms with van der Waals surface area (Å²) >= 11 is 0. The van der Waals surface area contributed by atoms with Crippen molar-refractivity contribution in [1.82, 2.24) is 15.0 Å². The van der Waals surface area contributed by atoms with Crippen molar-refractivity contribution >= 4 is 51.1 Å². The lowest BCUT2D eigenvalue weighted by Gasteiger charge is -2.11. The molecule has 1 amide bonds. The predicted molar refractivity (Wildman–Crippen MR) is 137 cm³/mol. The van der Waals surface area contributed by atoms with E-state index in [4.69, 9.17) is 6.57 Å². The first-order valence-corrected chi connectivity index (χ1v) is 10.8. The molecule has 0 atom stereocenters. The van der Waals surface area contributed by atoms with Gasteiger partial charge in [-0.1, -0.05) is 12.1 Å².